The second-order valence-corrected chi connectivity index (χ2v) is 4.37. The minimum Gasteiger partial charge on any atom is -0.201 e. The monoisotopic (exact) mass is 216 g/mol. The number of alkyl halides is 2. The maximum absolute atomic E-state index is 13.6. The van der Waals surface area contributed by atoms with Crippen LogP contribution in [0.5, 0.6) is 0 Å². The Morgan fingerprint density at radius 2 is 2.00 bits per heavy atom. The van der Waals surface area contributed by atoms with Gasteiger partial charge in [-0.05, 0) is 18.1 Å². The zero-order valence-electron chi connectivity index (χ0n) is 8.30. The Hall–Kier alpha value is -0.570. The van der Waals surface area contributed by atoms with Crippen LogP contribution in [0.3, 0.4) is 0 Å². The summed E-state index contributed by atoms with van der Waals surface area (Å²) in [6, 6.07) is 6.16. The van der Waals surface area contributed by atoms with Crippen LogP contribution in [-0.4, -0.2) is 0 Å². The number of thiol groups is 1. The van der Waals surface area contributed by atoms with Crippen molar-refractivity contribution in [3.05, 3.63) is 29.8 Å². The minimum absolute atomic E-state index is 0.0198. The summed E-state index contributed by atoms with van der Waals surface area (Å²) in [5, 5.41) is 0. The summed E-state index contributed by atoms with van der Waals surface area (Å²) in [5.74, 6) is -2.76. The topological polar surface area (TPSA) is 0 Å². The van der Waals surface area contributed by atoms with E-state index in [1.807, 2.05) is 0 Å². The zero-order chi connectivity index (χ0) is 10.8. The molecular formula is C11H14F2S. The average molecular weight is 216 g/mol. The predicted molar refractivity (Wildman–Crippen MR) is 57.0 cm³/mol. The molecule has 0 heterocycles. The molecule has 1 aromatic rings. The van der Waals surface area contributed by atoms with Crippen molar-refractivity contribution in [2.75, 3.05) is 0 Å². The third-order valence-corrected chi connectivity index (χ3v) is 2.21. The van der Waals surface area contributed by atoms with Crippen molar-refractivity contribution >= 4 is 12.6 Å². The van der Waals surface area contributed by atoms with Gasteiger partial charge >= 0.3 is 0 Å². The Morgan fingerprint density at radius 3 is 2.50 bits per heavy atom. The predicted octanol–water partition coefficient (Wildman–Crippen LogP) is 4.11. The molecule has 0 aliphatic heterocycles. The van der Waals surface area contributed by atoms with Crippen LogP contribution in [0.2, 0.25) is 0 Å². The molecule has 78 valence electrons. The van der Waals surface area contributed by atoms with Crippen molar-refractivity contribution in [1.82, 2.24) is 0 Å². The fourth-order valence-electron chi connectivity index (χ4n) is 1.36. The molecule has 0 saturated heterocycles. The van der Waals surface area contributed by atoms with Gasteiger partial charge < -0.3 is 0 Å². The molecule has 0 nitrogen and oxygen atoms in total. The first-order valence-electron chi connectivity index (χ1n) is 4.59. The standard InChI is InChI=1S/C11H14F2S/c1-8(2)7-11(12,13)9-4-3-5-10(14)6-9/h3-6,8,14H,7H2,1-2H3. The summed E-state index contributed by atoms with van der Waals surface area (Å²) in [5.41, 5.74) is 0.0544. The molecule has 0 fully saturated rings. The molecule has 14 heavy (non-hydrogen) atoms. The highest BCUT2D eigenvalue weighted by atomic mass is 32.1. The Morgan fingerprint density at radius 1 is 1.36 bits per heavy atom. The molecule has 0 aliphatic rings. The van der Waals surface area contributed by atoms with E-state index in [0.717, 1.165) is 0 Å². The zero-order valence-corrected chi connectivity index (χ0v) is 9.19. The van der Waals surface area contributed by atoms with Crippen LogP contribution in [0.25, 0.3) is 0 Å². The average Bonchev–Trinajstić information content (AvgIpc) is 2.01. The van der Waals surface area contributed by atoms with Gasteiger partial charge in [0.1, 0.15) is 0 Å². The van der Waals surface area contributed by atoms with Crippen LogP contribution in [0.15, 0.2) is 29.2 Å². The summed E-state index contributed by atoms with van der Waals surface area (Å²) in [4.78, 5) is 0.575. The normalized spacial score (nSPS) is 12.1. The van der Waals surface area contributed by atoms with Crippen LogP contribution in [0.4, 0.5) is 8.78 Å². The Balaban J connectivity index is 2.91. The fraction of sp³-hybridized carbons (Fsp3) is 0.455. The molecule has 0 aromatic heterocycles. The van der Waals surface area contributed by atoms with Crippen molar-refractivity contribution in [2.24, 2.45) is 5.92 Å². The molecule has 0 saturated carbocycles. The Kier molecular flexibility index (Phi) is 3.53. The van der Waals surface area contributed by atoms with E-state index in [4.69, 9.17) is 0 Å². The van der Waals surface area contributed by atoms with Gasteiger partial charge in [0.15, 0.2) is 0 Å². The van der Waals surface area contributed by atoms with Gasteiger partial charge in [0.25, 0.3) is 5.92 Å². The number of rotatable bonds is 3. The molecule has 0 aliphatic carbocycles. The first-order valence-corrected chi connectivity index (χ1v) is 5.04. The van der Waals surface area contributed by atoms with E-state index in [-0.39, 0.29) is 17.9 Å². The quantitative estimate of drug-likeness (QED) is 0.722. The summed E-state index contributed by atoms with van der Waals surface area (Å²) < 4.78 is 27.1. The van der Waals surface area contributed by atoms with E-state index >= 15 is 0 Å². The lowest BCUT2D eigenvalue weighted by atomic mass is 9.99. The molecule has 1 rings (SSSR count). The van der Waals surface area contributed by atoms with Crippen LogP contribution in [0, 0.1) is 5.92 Å². The molecule has 0 atom stereocenters. The number of hydrogen-bond acceptors (Lipinski definition) is 1. The number of benzene rings is 1. The summed E-state index contributed by atoms with van der Waals surface area (Å²) >= 11 is 4.04. The minimum atomic E-state index is -2.74. The third kappa shape index (κ3) is 2.98. The van der Waals surface area contributed by atoms with E-state index in [2.05, 4.69) is 12.6 Å². The van der Waals surface area contributed by atoms with Gasteiger partial charge in [0.05, 0.1) is 0 Å². The second-order valence-electron chi connectivity index (χ2n) is 3.85. The lowest BCUT2D eigenvalue weighted by molar-refractivity contribution is -0.0251. The smallest absolute Gasteiger partial charge is 0.201 e. The van der Waals surface area contributed by atoms with E-state index < -0.39 is 5.92 Å². The fourth-order valence-corrected chi connectivity index (χ4v) is 1.59. The number of halogens is 2. The van der Waals surface area contributed by atoms with Crippen LogP contribution in [-0.2, 0) is 5.92 Å². The van der Waals surface area contributed by atoms with Gasteiger partial charge in [0.2, 0.25) is 0 Å². The molecule has 0 bridgehead atoms. The van der Waals surface area contributed by atoms with Gasteiger partial charge in [-0.15, -0.1) is 12.6 Å². The van der Waals surface area contributed by atoms with E-state index in [1.165, 1.54) is 12.1 Å². The number of hydrogen-bond donors (Lipinski definition) is 1. The maximum Gasteiger partial charge on any atom is 0.273 e. The van der Waals surface area contributed by atoms with Crippen LogP contribution < -0.4 is 0 Å². The largest absolute Gasteiger partial charge is 0.273 e. The van der Waals surface area contributed by atoms with Crippen molar-refractivity contribution in [1.29, 1.82) is 0 Å². The first kappa shape index (κ1) is 11.5. The lowest BCUT2D eigenvalue weighted by Gasteiger charge is -2.18. The summed E-state index contributed by atoms with van der Waals surface area (Å²) in [6.45, 7) is 3.58. The molecule has 0 N–H and O–H groups in total. The van der Waals surface area contributed by atoms with Crippen molar-refractivity contribution in [3.8, 4) is 0 Å². The second kappa shape index (κ2) is 4.30. The summed E-state index contributed by atoms with van der Waals surface area (Å²) in [7, 11) is 0. The van der Waals surface area contributed by atoms with Gasteiger partial charge in [-0.25, -0.2) is 8.78 Å². The Labute approximate surface area is 88.7 Å². The molecule has 0 radical (unpaired) electrons. The molecule has 1 aromatic carbocycles. The molecule has 0 spiro atoms. The van der Waals surface area contributed by atoms with Crippen LogP contribution in [0.1, 0.15) is 25.8 Å². The van der Waals surface area contributed by atoms with Gasteiger partial charge in [0, 0.05) is 16.9 Å². The summed E-state index contributed by atoms with van der Waals surface area (Å²) in [6.07, 6.45) is -0.121. The van der Waals surface area contributed by atoms with Gasteiger partial charge in [-0.3, -0.25) is 0 Å². The van der Waals surface area contributed by atoms with E-state index in [1.54, 1.807) is 26.0 Å². The van der Waals surface area contributed by atoms with E-state index in [0.29, 0.717) is 4.90 Å². The first-order chi connectivity index (χ1) is 6.42. The molecule has 3 heteroatoms. The molecule has 0 amide bonds. The molecule has 0 unspecified atom stereocenters. The van der Waals surface area contributed by atoms with E-state index in [9.17, 15) is 8.78 Å². The highest BCUT2D eigenvalue weighted by Gasteiger charge is 2.32. The third-order valence-electron chi connectivity index (χ3n) is 1.93. The van der Waals surface area contributed by atoms with Crippen molar-refractivity contribution < 1.29 is 8.78 Å². The van der Waals surface area contributed by atoms with Crippen LogP contribution >= 0.6 is 12.6 Å². The highest BCUT2D eigenvalue weighted by Crippen LogP contribution is 2.35. The SMILES string of the molecule is CC(C)CC(F)(F)c1cccc(S)c1. The Bertz CT molecular complexity index is 308. The van der Waals surface area contributed by atoms with Crippen molar-refractivity contribution in [3.63, 3.8) is 0 Å². The maximum atomic E-state index is 13.6. The van der Waals surface area contributed by atoms with Gasteiger partial charge in [-0.1, -0.05) is 26.0 Å². The highest BCUT2D eigenvalue weighted by molar-refractivity contribution is 7.80. The van der Waals surface area contributed by atoms with Gasteiger partial charge in [-0.2, -0.15) is 0 Å². The molecular weight excluding hydrogens is 202 g/mol. The lowest BCUT2D eigenvalue weighted by Crippen LogP contribution is -2.16. The van der Waals surface area contributed by atoms with Crippen molar-refractivity contribution in [2.45, 2.75) is 31.1 Å².